The fourth-order valence-corrected chi connectivity index (χ4v) is 1.69. The van der Waals surface area contributed by atoms with Crippen LogP contribution in [0.5, 0.6) is 5.75 Å². The molecule has 0 saturated heterocycles. The van der Waals surface area contributed by atoms with E-state index in [-0.39, 0.29) is 0 Å². The fourth-order valence-electron chi connectivity index (χ4n) is 1.69. The summed E-state index contributed by atoms with van der Waals surface area (Å²) in [6.07, 6.45) is 6.98. The molecule has 0 aromatic heterocycles. The van der Waals surface area contributed by atoms with Gasteiger partial charge in [0.2, 0.25) is 0 Å². The summed E-state index contributed by atoms with van der Waals surface area (Å²) in [4.78, 5) is 0. The maximum atomic E-state index is 13.1. The third-order valence-corrected chi connectivity index (χ3v) is 2.78. The van der Waals surface area contributed by atoms with Gasteiger partial charge in [-0.1, -0.05) is 5.92 Å². The molecule has 0 aliphatic heterocycles. The number of halogens is 2. The van der Waals surface area contributed by atoms with E-state index in [0.29, 0.717) is 11.3 Å². The monoisotopic (exact) mass is 208 g/mol. The lowest BCUT2D eigenvalue weighted by atomic mass is 9.95. The molecule has 0 atom stereocenters. The first-order chi connectivity index (χ1) is 7.13. The Balaban J connectivity index is 2.56. The summed E-state index contributed by atoms with van der Waals surface area (Å²) < 4.78 is 31.1. The number of benzene rings is 1. The van der Waals surface area contributed by atoms with Crippen LogP contribution in [0.3, 0.4) is 0 Å². The van der Waals surface area contributed by atoms with E-state index >= 15 is 0 Å². The smallest absolute Gasteiger partial charge is 0.162 e. The van der Waals surface area contributed by atoms with Gasteiger partial charge in [-0.25, -0.2) is 8.78 Å². The Morgan fingerprint density at radius 1 is 1.33 bits per heavy atom. The second kappa shape index (κ2) is 3.23. The zero-order valence-electron chi connectivity index (χ0n) is 8.31. The summed E-state index contributed by atoms with van der Waals surface area (Å²) in [5, 5.41) is 0. The maximum absolute atomic E-state index is 13.1. The molecule has 1 aromatic carbocycles. The summed E-state index contributed by atoms with van der Waals surface area (Å²) in [5.74, 6) is 1.15. The first kappa shape index (κ1) is 9.97. The molecule has 1 aliphatic carbocycles. The standard InChI is InChI=1S/C12H10F2O/c1-3-12(4-5-12)8-6-9(13)10(14)7-11(8)15-2/h1,6-7H,4-5H2,2H3. The van der Waals surface area contributed by atoms with Crippen molar-refractivity contribution in [3.05, 3.63) is 29.3 Å². The van der Waals surface area contributed by atoms with Crippen molar-refractivity contribution >= 4 is 0 Å². The Morgan fingerprint density at radius 3 is 2.40 bits per heavy atom. The SMILES string of the molecule is C#CC1(c2cc(F)c(F)cc2OC)CC1. The summed E-state index contributed by atoms with van der Waals surface area (Å²) in [6.45, 7) is 0. The molecule has 0 N–H and O–H groups in total. The molecule has 3 heteroatoms. The molecule has 0 bridgehead atoms. The number of hydrogen-bond acceptors (Lipinski definition) is 1. The highest BCUT2D eigenvalue weighted by atomic mass is 19.2. The van der Waals surface area contributed by atoms with Gasteiger partial charge < -0.3 is 4.74 Å². The Morgan fingerprint density at radius 2 is 1.93 bits per heavy atom. The largest absolute Gasteiger partial charge is 0.496 e. The third kappa shape index (κ3) is 1.46. The minimum atomic E-state index is -0.913. The topological polar surface area (TPSA) is 9.23 Å². The van der Waals surface area contributed by atoms with Gasteiger partial charge in [-0.05, 0) is 18.9 Å². The predicted octanol–water partition coefficient (Wildman–Crippen LogP) is 2.64. The summed E-state index contributed by atoms with van der Waals surface area (Å²) in [5.41, 5.74) is 0.131. The molecule has 1 aromatic rings. The van der Waals surface area contributed by atoms with Crippen LogP contribution in [0.25, 0.3) is 0 Å². The molecule has 15 heavy (non-hydrogen) atoms. The zero-order chi connectivity index (χ0) is 11.1. The van der Waals surface area contributed by atoms with E-state index in [4.69, 9.17) is 11.2 Å². The van der Waals surface area contributed by atoms with Gasteiger partial charge in [-0.2, -0.15) is 0 Å². The van der Waals surface area contributed by atoms with E-state index in [2.05, 4.69) is 5.92 Å². The number of methoxy groups -OCH3 is 1. The lowest BCUT2D eigenvalue weighted by Crippen LogP contribution is -2.07. The van der Waals surface area contributed by atoms with Gasteiger partial charge in [0.05, 0.1) is 12.5 Å². The van der Waals surface area contributed by atoms with Crippen LogP contribution >= 0.6 is 0 Å². The highest BCUT2D eigenvalue weighted by Gasteiger charge is 2.45. The highest BCUT2D eigenvalue weighted by Crippen LogP contribution is 2.51. The van der Waals surface area contributed by atoms with E-state index in [1.165, 1.54) is 7.11 Å². The number of terminal acetylenes is 1. The molecule has 0 heterocycles. The minimum Gasteiger partial charge on any atom is -0.496 e. The summed E-state index contributed by atoms with van der Waals surface area (Å²) in [7, 11) is 1.42. The van der Waals surface area contributed by atoms with Crippen LogP contribution in [0.4, 0.5) is 8.78 Å². The molecule has 2 rings (SSSR count). The van der Waals surface area contributed by atoms with Crippen molar-refractivity contribution in [1.29, 1.82) is 0 Å². The first-order valence-corrected chi connectivity index (χ1v) is 4.64. The van der Waals surface area contributed by atoms with E-state index in [1.807, 2.05) is 0 Å². The van der Waals surface area contributed by atoms with Gasteiger partial charge in [0.25, 0.3) is 0 Å². The van der Waals surface area contributed by atoms with Gasteiger partial charge in [0, 0.05) is 11.6 Å². The molecule has 1 aliphatic rings. The molecule has 78 valence electrons. The van der Waals surface area contributed by atoms with Crippen LogP contribution < -0.4 is 4.74 Å². The molecular formula is C12H10F2O. The lowest BCUT2D eigenvalue weighted by molar-refractivity contribution is 0.398. The Bertz CT molecular complexity index is 442. The average Bonchev–Trinajstić information content (AvgIpc) is 3.02. The van der Waals surface area contributed by atoms with Crippen molar-refractivity contribution in [2.45, 2.75) is 18.3 Å². The number of ether oxygens (including phenoxy) is 1. The van der Waals surface area contributed by atoms with E-state index < -0.39 is 17.0 Å². The van der Waals surface area contributed by atoms with Crippen molar-refractivity contribution in [3.63, 3.8) is 0 Å². The zero-order valence-corrected chi connectivity index (χ0v) is 8.31. The fraction of sp³-hybridized carbons (Fsp3) is 0.333. The van der Waals surface area contributed by atoms with Gasteiger partial charge in [0.15, 0.2) is 11.6 Å². The number of hydrogen-bond donors (Lipinski definition) is 0. The molecule has 0 spiro atoms. The second-order valence-electron chi connectivity index (χ2n) is 3.69. The van der Waals surface area contributed by atoms with Gasteiger partial charge >= 0.3 is 0 Å². The van der Waals surface area contributed by atoms with E-state index in [9.17, 15) is 8.78 Å². The van der Waals surface area contributed by atoms with Gasteiger partial charge in [-0.15, -0.1) is 6.42 Å². The molecule has 1 fully saturated rings. The maximum Gasteiger partial charge on any atom is 0.162 e. The van der Waals surface area contributed by atoms with Crippen LogP contribution in [-0.4, -0.2) is 7.11 Å². The van der Waals surface area contributed by atoms with Crippen LogP contribution in [0.1, 0.15) is 18.4 Å². The molecular weight excluding hydrogens is 198 g/mol. The van der Waals surface area contributed by atoms with E-state index in [0.717, 1.165) is 25.0 Å². The summed E-state index contributed by atoms with van der Waals surface area (Å²) in [6, 6.07) is 2.18. The van der Waals surface area contributed by atoms with Crippen LogP contribution in [0, 0.1) is 24.0 Å². The van der Waals surface area contributed by atoms with Crippen LogP contribution in [-0.2, 0) is 5.41 Å². The van der Waals surface area contributed by atoms with Crippen molar-refractivity contribution in [2.75, 3.05) is 7.11 Å². The second-order valence-corrected chi connectivity index (χ2v) is 3.69. The van der Waals surface area contributed by atoms with E-state index in [1.54, 1.807) is 0 Å². The molecule has 1 nitrogen and oxygen atoms in total. The van der Waals surface area contributed by atoms with Gasteiger partial charge in [0.1, 0.15) is 5.75 Å². The first-order valence-electron chi connectivity index (χ1n) is 4.64. The molecule has 1 saturated carbocycles. The molecule has 0 radical (unpaired) electrons. The van der Waals surface area contributed by atoms with Gasteiger partial charge in [-0.3, -0.25) is 0 Å². The van der Waals surface area contributed by atoms with Crippen molar-refractivity contribution in [3.8, 4) is 18.1 Å². The average molecular weight is 208 g/mol. The summed E-state index contributed by atoms with van der Waals surface area (Å²) >= 11 is 0. The molecule has 0 unspecified atom stereocenters. The normalized spacial score (nSPS) is 16.9. The van der Waals surface area contributed by atoms with Crippen molar-refractivity contribution in [1.82, 2.24) is 0 Å². The Hall–Kier alpha value is -1.56. The highest BCUT2D eigenvalue weighted by molar-refractivity contribution is 5.49. The lowest BCUT2D eigenvalue weighted by Gasteiger charge is -2.13. The minimum absolute atomic E-state index is 0.323. The predicted molar refractivity (Wildman–Crippen MR) is 52.7 cm³/mol. The Labute approximate surface area is 87.1 Å². The van der Waals surface area contributed by atoms with Crippen LogP contribution in [0.15, 0.2) is 12.1 Å². The molecule has 0 amide bonds. The number of rotatable bonds is 2. The third-order valence-electron chi connectivity index (χ3n) is 2.78. The van der Waals surface area contributed by atoms with Crippen molar-refractivity contribution in [2.24, 2.45) is 0 Å². The van der Waals surface area contributed by atoms with Crippen molar-refractivity contribution < 1.29 is 13.5 Å². The quantitative estimate of drug-likeness (QED) is 0.679. The van der Waals surface area contributed by atoms with Crippen LogP contribution in [0.2, 0.25) is 0 Å². The Kier molecular flexibility index (Phi) is 2.15.